The van der Waals surface area contributed by atoms with Crippen LogP contribution in [0.5, 0.6) is 0 Å². The number of rotatable bonds is 6. The van der Waals surface area contributed by atoms with Gasteiger partial charge in [0.2, 0.25) is 0 Å². The largest absolute Gasteiger partial charge is 0.394 e. The van der Waals surface area contributed by atoms with Gasteiger partial charge in [-0.05, 0) is 31.1 Å². The molecule has 3 nitrogen and oxygen atoms in total. The molecule has 102 valence electrons. The summed E-state index contributed by atoms with van der Waals surface area (Å²) >= 11 is 0. The number of aliphatic hydroxyl groups is 2. The molecule has 0 heterocycles. The molecule has 0 aromatic carbocycles. The summed E-state index contributed by atoms with van der Waals surface area (Å²) in [6.07, 6.45) is 5.79. The van der Waals surface area contributed by atoms with Crippen LogP contribution in [0.25, 0.3) is 0 Å². The van der Waals surface area contributed by atoms with E-state index in [0.717, 1.165) is 6.42 Å². The van der Waals surface area contributed by atoms with E-state index in [-0.39, 0.29) is 13.2 Å². The zero-order valence-corrected chi connectivity index (χ0v) is 11.6. The normalized spacial score (nSPS) is 26.5. The van der Waals surface area contributed by atoms with E-state index in [9.17, 15) is 10.2 Å². The molecular weight excluding hydrogens is 214 g/mol. The van der Waals surface area contributed by atoms with Gasteiger partial charge in [0.15, 0.2) is 0 Å². The minimum Gasteiger partial charge on any atom is -0.394 e. The summed E-state index contributed by atoms with van der Waals surface area (Å²) in [7, 11) is 0. The molecule has 1 saturated carbocycles. The Labute approximate surface area is 106 Å². The lowest BCUT2D eigenvalue weighted by atomic mass is 9.76. The lowest BCUT2D eigenvalue weighted by molar-refractivity contribution is 0.0554. The van der Waals surface area contributed by atoms with Crippen LogP contribution in [0, 0.1) is 11.8 Å². The van der Waals surface area contributed by atoms with Crippen LogP contribution in [0.3, 0.4) is 0 Å². The average Bonchev–Trinajstić information content (AvgIpc) is 2.36. The van der Waals surface area contributed by atoms with E-state index in [4.69, 9.17) is 0 Å². The fourth-order valence-electron chi connectivity index (χ4n) is 3.00. The van der Waals surface area contributed by atoms with E-state index >= 15 is 0 Å². The summed E-state index contributed by atoms with van der Waals surface area (Å²) in [6, 6.07) is 0.447. The van der Waals surface area contributed by atoms with Crippen molar-refractivity contribution in [2.75, 3.05) is 13.2 Å². The zero-order valence-electron chi connectivity index (χ0n) is 11.6. The third-order valence-corrected chi connectivity index (χ3v) is 4.45. The number of hydrogen-bond donors (Lipinski definition) is 3. The van der Waals surface area contributed by atoms with E-state index in [1.807, 2.05) is 6.92 Å². The first kappa shape index (κ1) is 14.9. The molecule has 0 saturated heterocycles. The zero-order chi connectivity index (χ0) is 12.9. The molecule has 2 atom stereocenters. The van der Waals surface area contributed by atoms with Gasteiger partial charge in [-0.3, -0.25) is 0 Å². The topological polar surface area (TPSA) is 52.5 Å². The van der Waals surface area contributed by atoms with Crippen molar-refractivity contribution in [3.8, 4) is 0 Å². The minimum atomic E-state index is -0.491. The van der Waals surface area contributed by atoms with Crippen LogP contribution < -0.4 is 5.32 Å². The second kappa shape index (κ2) is 6.72. The van der Waals surface area contributed by atoms with E-state index < -0.39 is 5.54 Å². The first-order chi connectivity index (χ1) is 8.08. The predicted molar refractivity (Wildman–Crippen MR) is 70.9 cm³/mol. The molecule has 3 heteroatoms. The Morgan fingerprint density at radius 3 is 2.24 bits per heavy atom. The first-order valence-electron chi connectivity index (χ1n) is 7.08. The van der Waals surface area contributed by atoms with Crippen LogP contribution in [0.2, 0.25) is 0 Å². The van der Waals surface area contributed by atoms with Gasteiger partial charge < -0.3 is 15.5 Å². The van der Waals surface area contributed by atoms with Crippen LogP contribution in [-0.2, 0) is 0 Å². The second-order valence-electron chi connectivity index (χ2n) is 5.89. The Bertz CT molecular complexity index is 206. The molecule has 1 aliphatic carbocycles. The van der Waals surface area contributed by atoms with Crippen LogP contribution in [0.15, 0.2) is 0 Å². The van der Waals surface area contributed by atoms with E-state index in [2.05, 4.69) is 19.2 Å². The summed E-state index contributed by atoms with van der Waals surface area (Å²) in [5.74, 6) is 1.34. The average molecular weight is 243 g/mol. The Morgan fingerprint density at radius 1 is 1.18 bits per heavy atom. The molecule has 0 bridgehead atoms. The second-order valence-corrected chi connectivity index (χ2v) is 5.89. The van der Waals surface area contributed by atoms with Crippen LogP contribution in [-0.4, -0.2) is 35.0 Å². The van der Waals surface area contributed by atoms with Gasteiger partial charge in [-0.2, -0.15) is 0 Å². The van der Waals surface area contributed by atoms with Crippen molar-refractivity contribution in [1.82, 2.24) is 5.32 Å². The molecule has 1 aliphatic rings. The number of nitrogens with one attached hydrogen (secondary N) is 1. The SMILES string of the molecule is CCC(CO)(CO)NC1CCCCC1C(C)C. The highest BCUT2D eigenvalue weighted by atomic mass is 16.3. The molecule has 0 aromatic rings. The maximum absolute atomic E-state index is 9.51. The standard InChI is InChI=1S/C14H29NO2/c1-4-14(9-16,10-17)15-13-8-6-5-7-12(13)11(2)3/h11-13,15-17H,4-10H2,1-3H3. The van der Waals surface area contributed by atoms with E-state index in [1.165, 1.54) is 25.7 Å². The molecule has 0 aromatic heterocycles. The van der Waals surface area contributed by atoms with Crippen molar-refractivity contribution in [2.24, 2.45) is 11.8 Å². The first-order valence-corrected chi connectivity index (χ1v) is 7.08. The third kappa shape index (κ3) is 3.67. The van der Waals surface area contributed by atoms with Crippen LogP contribution in [0.4, 0.5) is 0 Å². The predicted octanol–water partition coefficient (Wildman–Crippen LogP) is 1.92. The van der Waals surface area contributed by atoms with Crippen molar-refractivity contribution in [3.05, 3.63) is 0 Å². The summed E-state index contributed by atoms with van der Waals surface area (Å²) in [5, 5.41) is 22.6. The third-order valence-electron chi connectivity index (χ3n) is 4.45. The maximum atomic E-state index is 9.51. The summed E-state index contributed by atoms with van der Waals surface area (Å²) in [6.45, 7) is 6.60. The van der Waals surface area contributed by atoms with Crippen LogP contribution >= 0.6 is 0 Å². The van der Waals surface area contributed by atoms with Crippen LogP contribution in [0.1, 0.15) is 52.9 Å². The Balaban J connectivity index is 2.68. The fraction of sp³-hybridized carbons (Fsp3) is 1.00. The van der Waals surface area contributed by atoms with Gasteiger partial charge in [0.05, 0.1) is 18.8 Å². The van der Waals surface area contributed by atoms with Gasteiger partial charge in [0.1, 0.15) is 0 Å². The summed E-state index contributed by atoms with van der Waals surface area (Å²) < 4.78 is 0. The smallest absolute Gasteiger partial charge is 0.0647 e. The van der Waals surface area contributed by atoms with E-state index in [1.54, 1.807) is 0 Å². The van der Waals surface area contributed by atoms with Gasteiger partial charge in [0.25, 0.3) is 0 Å². The molecular formula is C14H29NO2. The molecule has 0 radical (unpaired) electrons. The highest BCUT2D eigenvalue weighted by Crippen LogP contribution is 2.31. The van der Waals surface area contributed by atoms with E-state index in [0.29, 0.717) is 17.9 Å². The minimum absolute atomic E-state index is 0.0152. The fourth-order valence-corrected chi connectivity index (χ4v) is 3.00. The highest BCUT2D eigenvalue weighted by molar-refractivity contribution is 4.93. The lowest BCUT2D eigenvalue weighted by Crippen LogP contribution is -2.58. The monoisotopic (exact) mass is 243 g/mol. The molecule has 0 aliphatic heterocycles. The highest BCUT2D eigenvalue weighted by Gasteiger charge is 2.34. The maximum Gasteiger partial charge on any atom is 0.0647 e. The number of aliphatic hydroxyl groups excluding tert-OH is 2. The Morgan fingerprint density at radius 2 is 1.76 bits per heavy atom. The Kier molecular flexibility index (Phi) is 5.90. The van der Waals surface area contributed by atoms with Gasteiger partial charge in [-0.25, -0.2) is 0 Å². The van der Waals surface area contributed by atoms with Gasteiger partial charge in [0, 0.05) is 6.04 Å². The molecule has 1 fully saturated rings. The molecule has 1 rings (SSSR count). The lowest BCUT2D eigenvalue weighted by Gasteiger charge is -2.42. The van der Waals surface area contributed by atoms with Crippen molar-refractivity contribution in [3.63, 3.8) is 0 Å². The molecule has 0 amide bonds. The van der Waals surface area contributed by atoms with Gasteiger partial charge >= 0.3 is 0 Å². The summed E-state index contributed by atoms with van der Waals surface area (Å²) in [4.78, 5) is 0. The molecule has 3 N–H and O–H groups in total. The van der Waals surface area contributed by atoms with Crippen molar-refractivity contribution in [2.45, 2.75) is 64.5 Å². The van der Waals surface area contributed by atoms with Gasteiger partial charge in [-0.1, -0.05) is 33.6 Å². The number of hydrogen-bond acceptors (Lipinski definition) is 3. The van der Waals surface area contributed by atoms with Crippen molar-refractivity contribution >= 4 is 0 Å². The molecule has 0 spiro atoms. The molecule has 17 heavy (non-hydrogen) atoms. The molecule has 2 unspecified atom stereocenters. The van der Waals surface area contributed by atoms with Crippen molar-refractivity contribution in [1.29, 1.82) is 0 Å². The van der Waals surface area contributed by atoms with Gasteiger partial charge in [-0.15, -0.1) is 0 Å². The van der Waals surface area contributed by atoms with Crippen molar-refractivity contribution < 1.29 is 10.2 Å². The quantitative estimate of drug-likeness (QED) is 0.668. The Hall–Kier alpha value is -0.120. The summed E-state index contributed by atoms with van der Waals surface area (Å²) in [5.41, 5.74) is -0.491.